The number of rotatable bonds is 9. The number of carbonyl (C=O) groups excluding carboxylic acids is 2. The normalized spacial score (nSPS) is 11.5. The second kappa shape index (κ2) is 12.6. The van der Waals surface area contributed by atoms with Crippen molar-refractivity contribution in [1.82, 2.24) is 21.3 Å². The number of nitrogens with zero attached hydrogens (tertiary/aromatic N) is 1. The maximum atomic E-state index is 11.9. The van der Waals surface area contributed by atoms with E-state index in [4.69, 9.17) is 4.74 Å². The Kier molecular flexibility index (Phi) is 10.5. The van der Waals surface area contributed by atoms with E-state index in [1.807, 2.05) is 51.1 Å². The second-order valence-corrected chi connectivity index (χ2v) is 7.22. The standard InChI is InChI=1S/C20H33N5O3/c1-20(2,3)28-19(27)24-13-8-12-23-18(21-4)25-15-17(26)22-14-11-16-9-6-5-7-10-16/h5-7,9-10H,8,11-15H2,1-4H3,(H,22,26)(H,24,27)(H2,21,23,25). The van der Waals surface area contributed by atoms with Gasteiger partial charge in [-0.3, -0.25) is 9.79 Å². The molecule has 8 heteroatoms. The summed E-state index contributed by atoms with van der Waals surface area (Å²) in [4.78, 5) is 27.5. The average molecular weight is 392 g/mol. The topological polar surface area (TPSA) is 104 Å². The van der Waals surface area contributed by atoms with Crippen LogP contribution in [-0.2, 0) is 16.0 Å². The van der Waals surface area contributed by atoms with E-state index >= 15 is 0 Å². The summed E-state index contributed by atoms with van der Waals surface area (Å²) in [5.41, 5.74) is 0.684. The number of alkyl carbamates (subject to hydrolysis) is 1. The summed E-state index contributed by atoms with van der Waals surface area (Å²) in [5, 5.41) is 11.6. The van der Waals surface area contributed by atoms with Gasteiger partial charge in [-0.15, -0.1) is 0 Å². The molecular weight excluding hydrogens is 358 g/mol. The minimum absolute atomic E-state index is 0.0922. The summed E-state index contributed by atoms with van der Waals surface area (Å²) in [6.07, 6.45) is 1.06. The maximum Gasteiger partial charge on any atom is 0.407 e. The molecule has 1 aromatic carbocycles. The lowest BCUT2D eigenvalue weighted by atomic mass is 10.1. The van der Waals surface area contributed by atoms with Crippen molar-refractivity contribution in [2.45, 2.75) is 39.2 Å². The molecule has 0 fully saturated rings. The summed E-state index contributed by atoms with van der Waals surface area (Å²) >= 11 is 0. The number of guanidine groups is 1. The Morgan fingerprint density at radius 1 is 0.964 bits per heavy atom. The van der Waals surface area contributed by atoms with Gasteiger partial charge in [0.25, 0.3) is 0 Å². The van der Waals surface area contributed by atoms with Crippen molar-refractivity contribution in [2.75, 3.05) is 33.2 Å². The zero-order valence-corrected chi connectivity index (χ0v) is 17.3. The van der Waals surface area contributed by atoms with Crippen LogP contribution in [0.25, 0.3) is 0 Å². The fourth-order valence-electron chi connectivity index (χ4n) is 2.24. The lowest BCUT2D eigenvalue weighted by Crippen LogP contribution is -2.44. The summed E-state index contributed by atoms with van der Waals surface area (Å²) < 4.78 is 5.16. The molecule has 0 saturated heterocycles. The third kappa shape index (κ3) is 11.8. The van der Waals surface area contributed by atoms with E-state index in [1.165, 1.54) is 5.56 Å². The third-order valence-corrected chi connectivity index (χ3v) is 3.53. The molecular formula is C20H33N5O3. The molecule has 0 radical (unpaired) electrons. The summed E-state index contributed by atoms with van der Waals surface area (Å²) in [6.45, 7) is 7.28. The predicted molar refractivity (Wildman–Crippen MR) is 111 cm³/mol. The van der Waals surface area contributed by atoms with Gasteiger partial charge in [0.05, 0.1) is 6.54 Å². The molecule has 0 heterocycles. The molecule has 0 bridgehead atoms. The van der Waals surface area contributed by atoms with Gasteiger partial charge in [0.15, 0.2) is 5.96 Å². The summed E-state index contributed by atoms with van der Waals surface area (Å²) in [6, 6.07) is 10.0. The van der Waals surface area contributed by atoms with Gasteiger partial charge >= 0.3 is 6.09 Å². The molecule has 4 N–H and O–H groups in total. The number of nitrogens with one attached hydrogen (secondary N) is 4. The average Bonchev–Trinajstić information content (AvgIpc) is 2.63. The van der Waals surface area contributed by atoms with Crippen LogP contribution >= 0.6 is 0 Å². The molecule has 28 heavy (non-hydrogen) atoms. The molecule has 0 aromatic heterocycles. The van der Waals surface area contributed by atoms with Crippen LogP contribution in [0.15, 0.2) is 35.3 Å². The van der Waals surface area contributed by atoms with Crippen molar-refractivity contribution in [1.29, 1.82) is 0 Å². The highest BCUT2D eigenvalue weighted by Crippen LogP contribution is 2.06. The summed E-state index contributed by atoms with van der Waals surface area (Å²) in [7, 11) is 1.64. The summed E-state index contributed by atoms with van der Waals surface area (Å²) in [5.74, 6) is 0.445. The number of amides is 2. The quantitative estimate of drug-likeness (QED) is 0.290. The lowest BCUT2D eigenvalue weighted by molar-refractivity contribution is -0.119. The van der Waals surface area contributed by atoms with Crippen LogP contribution in [0.2, 0.25) is 0 Å². The second-order valence-electron chi connectivity index (χ2n) is 7.22. The first-order valence-corrected chi connectivity index (χ1v) is 9.52. The van der Waals surface area contributed by atoms with Crippen molar-refractivity contribution in [3.05, 3.63) is 35.9 Å². The molecule has 156 valence electrons. The molecule has 0 atom stereocenters. The highest BCUT2D eigenvalue weighted by molar-refractivity contribution is 5.86. The van der Waals surface area contributed by atoms with Crippen LogP contribution in [0.1, 0.15) is 32.8 Å². The molecule has 1 aromatic rings. The Bertz CT molecular complexity index is 626. The fraction of sp³-hybridized carbons (Fsp3) is 0.550. The Morgan fingerprint density at radius 2 is 1.64 bits per heavy atom. The van der Waals surface area contributed by atoms with Gasteiger partial charge in [0, 0.05) is 26.7 Å². The van der Waals surface area contributed by atoms with E-state index in [1.54, 1.807) is 7.05 Å². The third-order valence-electron chi connectivity index (χ3n) is 3.53. The van der Waals surface area contributed by atoms with Crippen LogP contribution in [0, 0.1) is 0 Å². The van der Waals surface area contributed by atoms with E-state index in [-0.39, 0.29) is 12.5 Å². The van der Waals surface area contributed by atoms with Crippen LogP contribution < -0.4 is 21.3 Å². The molecule has 0 aliphatic carbocycles. The number of carbonyl (C=O) groups is 2. The molecule has 0 aliphatic heterocycles. The Hall–Kier alpha value is -2.77. The van der Waals surface area contributed by atoms with E-state index in [0.717, 1.165) is 6.42 Å². The molecule has 2 amide bonds. The van der Waals surface area contributed by atoms with Crippen LogP contribution in [0.5, 0.6) is 0 Å². The van der Waals surface area contributed by atoms with Crippen molar-refractivity contribution in [3.8, 4) is 0 Å². The zero-order valence-electron chi connectivity index (χ0n) is 17.3. The smallest absolute Gasteiger partial charge is 0.407 e. The lowest BCUT2D eigenvalue weighted by Gasteiger charge is -2.19. The number of hydrogen-bond donors (Lipinski definition) is 4. The van der Waals surface area contributed by atoms with E-state index in [2.05, 4.69) is 26.3 Å². The molecule has 8 nitrogen and oxygen atoms in total. The fourth-order valence-corrected chi connectivity index (χ4v) is 2.24. The Labute approximate surface area is 167 Å². The van der Waals surface area contributed by atoms with E-state index in [0.29, 0.717) is 32.0 Å². The van der Waals surface area contributed by atoms with Gasteiger partial charge in [0.2, 0.25) is 5.91 Å². The largest absolute Gasteiger partial charge is 0.444 e. The Balaban J connectivity index is 2.11. The van der Waals surface area contributed by atoms with Crippen LogP contribution in [0.4, 0.5) is 4.79 Å². The van der Waals surface area contributed by atoms with Gasteiger partial charge in [-0.2, -0.15) is 0 Å². The van der Waals surface area contributed by atoms with Gasteiger partial charge in [-0.1, -0.05) is 30.3 Å². The minimum atomic E-state index is -0.504. The van der Waals surface area contributed by atoms with Gasteiger partial charge in [-0.25, -0.2) is 4.79 Å². The van der Waals surface area contributed by atoms with Crippen LogP contribution in [0.3, 0.4) is 0 Å². The van der Waals surface area contributed by atoms with Crippen LogP contribution in [-0.4, -0.2) is 56.8 Å². The first-order valence-electron chi connectivity index (χ1n) is 9.52. The van der Waals surface area contributed by atoms with Gasteiger partial charge in [0.1, 0.15) is 5.60 Å². The van der Waals surface area contributed by atoms with E-state index in [9.17, 15) is 9.59 Å². The molecule has 0 aliphatic rings. The van der Waals surface area contributed by atoms with Gasteiger partial charge < -0.3 is 26.0 Å². The maximum absolute atomic E-state index is 11.9. The number of aliphatic imine (C=N–C) groups is 1. The highest BCUT2D eigenvalue weighted by Gasteiger charge is 2.15. The Morgan fingerprint density at radius 3 is 2.29 bits per heavy atom. The number of ether oxygens (including phenoxy) is 1. The highest BCUT2D eigenvalue weighted by atomic mass is 16.6. The predicted octanol–water partition coefficient (Wildman–Crippen LogP) is 1.43. The minimum Gasteiger partial charge on any atom is -0.444 e. The zero-order chi connectivity index (χ0) is 20.8. The number of benzene rings is 1. The molecule has 0 saturated carbocycles. The molecule has 0 unspecified atom stereocenters. The van der Waals surface area contributed by atoms with Crippen molar-refractivity contribution < 1.29 is 14.3 Å². The molecule has 0 spiro atoms. The molecule has 1 rings (SSSR count). The van der Waals surface area contributed by atoms with Crippen molar-refractivity contribution in [3.63, 3.8) is 0 Å². The van der Waals surface area contributed by atoms with E-state index < -0.39 is 11.7 Å². The first kappa shape index (κ1) is 23.3. The van der Waals surface area contributed by atoms with Crippen molar-refractivity contribution in [2.24, 2.45) is 4.99 Å². The van der Waals surface area contributed by atoms with Crippen molar-refractivity contribution >= 4 is 18.0 Å². The number of hydrogen-bond acceptors (Lipinski definition) is 4. The SMILES string of the molecule is CN=C(NCCCNC(=O)OC(C)(C)C)NCC(=O)NCCc1ccccc1. The monoisotopic (exact) mass is 391 g/mol. The van der Waals surface area contributed by atoms with Gasteiger partial charge in [-0.05, 0) is 39.2 Å². The first-order chi connectivity index (χ1) is 13.3.